The van der Waals surface area contributed by atoms with Crippen molar-refractivity contribution < 1.29 is 9.53 Å². The fraction of sp³-hybridized carbons (Fsp3) is 0.381. The van der Waals surface area contributed by atoms with Crippen LogP contribution in [0.5, 0.6) is 5.75 Å². The van der Waals surface area contributed by atoms with E-state index in [2.05, 4.69) is 27.7 Å². The van der Waals surface area contributed by atoms with Crippen LogP contribution in [-0.4, -0.2) is 45.2 Å². The molecule has 0 aliphatic rings. The van der Waals surface area contributed by atoms with Crippen LogP contribution in [0.1, 0.15) is 23.6 Å². The van der Waals surface area contributed by atoms with Crippen LogP contribution in [0.15, 0.2) is 54.6 Å². The molecule has 5 heteroatoms. The summed E-state index contributed by atoms with van der Waals surface area (Å²) in [6.07, 6.45) is 1.88. The Kier molecular flexibility index (Phi) is 7.96. The van der Waals surface area contributed by atoms with Crippen LogP contribution in [-0.2, 0) is 6.42 Å². The number of aryl methyl sites for hydroxylation is 1. The second-order valence-corrected chi connectivity index (χ2v) is 6.45. The van der Waals surface area contributed by atoms with Gasteiger partial charge in [0.25, 0.3) is 0 Å². The summed E-state index contributed by atoms with van der Waals surface area (Å²) in [4.78, 5) is 14.2. The number of nitrogens with zero attached hydrogens (tertiary/aromatic N) is 1. The average molecular weight is 355 g/mol. The fourth-order valence-electron chi connectivity index (χ4n) is 2.90. The summed E-state index contributed by atoms with van der Waals surface area (Å²) < 4.78 is 5.45. The van der Waals surface area contributed by atoms with Gasteiger partial charge in [-0.25, -0.2) is 4.79 Å². The molecule has 0 aliphatic heterocycles. The zero-order valence-electron chi connectivity index (χ0n) is 15.9. The van der Waals surface area contributed by atoms with E-state index >= 15 is 0 Å². The molecule has 1 unspecified atom stereocenters. The first-order valence-electron chi connectivity index (χ1n) is 8.96. The van der Waals surface area contributed by atoms with Gasteiger partial charge in [0.15, 0.2) is 0 Å². The highest BCUT2D eigenvalue weighted by Gasteiger charge is 2.18. The molecule has 0 radical (unpaired) electrons. The largest absolute Gasteiger partial charge is 0.496 e. The van der Waals surface area contributed by atoms with Crippen molar-refractivity contribution in [1.82, 2.24) is 15.5 Å². The summed E-state index contributed by atoms with van der Waals surface area (Å²) in [5, 5.41) is 5.89. The Morgan fingerprint density at radius 2 is 1.73 bits per heavy atom. The number of benzene rings is 2. The zero-order chi connectivity index (χ0) is 18.8. The van der Waals surface area contributed by atoms with E-state index in [1.165, 1.54) is 5.56 Å². The lowest BCUT2D eigenvalue weighted by Crippen LogP contribution is -2.41. The van der Waals surface area contributed by atoms with Gasteiger partial charge in [0.2, 0.25) is 0 Å². The van der Waals surface area contributed by atoms with Gasteiger partial charge in [-0.15, -0.1) is 0 Å². The van der Waals surface area contributed by atoms with Gasteiger partial charge in [0, 0.05) is 18.7 Å². The molecule has 2 aromatic rings. The summed E-state index contributed by atoms with van der Waals surface area (Å²) in [7, 11) is 5.66. The molecule has 0 saturated heterocycles. The molecule has 1 atom stereocenters. The van der Waals surface area contributed by atoms with Gasteiger partial charge in [0.05, 0.1) is 13.2 Å². The second-order valence-electron chi connectivity index (χ2n) is 6.45. The number of hydrogen-bond acceptors (Lipinski definition) is 3. The van der Waals surface area contributed by atoms with E-state index in [9.17, 15) is 4.79 Å². The number of carbonyl (C=O) groups excluding carboxylic acids is 1. The maximum atomic E-state index is 12.1. The Labute approximate surface area is 156 Å². The number of hydrogen-bond donors (Lipinski definition) is 2. The summed E-state index contributed by atoms with van der Waals surface area (Å²) in [6, 6.07) is 18.1. The van der Waals surface area contributed by atoms with Gasteiger partial charge in [0.1, 0.15) is 5.75 Å². The van der Waals surface area contributed by atoms with Gasteiger partial charge in [-0.2, -0.15) is 0 Å². The minimum atomic E-state index is -0.139. The predicted octanol–water partition coefficient (Wildman–Crippen LogP) is 3.23. The standard InChI is InChI=1S/C21H29N3O2/c1-24(2)19(18-13-7-8-14-20(18)26-3)16-23-21(25)22-15-9-12-17-10-5-4-6-11-17/h4-8,10-11,13-14,19H,9,12,15-16H2,1-3H3,(H2,22,23,25). The smallest absolute Gasteiger partial charge is 0.314 e. The summed E-state index contributed by atoms with van der Waals surface area (Å²) in [5.74, 6) is 0.830. The number of rotatable bonds is 9. The molecule has 0 bridgehead atoms. The number of para-hydroxylation sites is 1. The highest BCUT2D eigenvalue weighted by Crippen LogP contribution is 2.27. The summed E-state index contributed by atoms with van der Waals surface area (Å²) in [5.41, 5.74) is 2.35. The van der Waals surface area contributed by atoms with Crippen molar-refractivity contribution in [3.05, 3.63) is 65.7 Å². The molecule has 2 N–H and O–H groups in total. The van der Waals surface area contributed by atoms with Crippen molar-refractivity contribution in [2.24, 2.45) is 0 Å². The SMILES string of the molecule is COc1ccccc1C(CNC(=O)NCCCc1ccccc1)N(C)C. The molecule has 0 fully saturated rings. The lowest BCUT2D eigenvalue weighted by atomic mass is 10.0. The van der Waals surface area contributed by atoms with Crippen molar-refractivity contribution in [1.29, 1.82) is 0 Å². The molecule has 0 spiro atoms. The molecular formula is C21H29N3O2. The lowest BCUT2D eigenvalue weighted by molar-refractivity contribution is 0.231. The molecule has 5 nitrogen and oxygen atoms in total. The quantitative estimate of drug-likeness (QED) is 0.679. The summed E-state index contributed by atoms with van der Waals surface area (Å²) >= 11 is 0. The molecule has 2 aromatic carbocycles. The first-order chi connectivity index (χ1) is 12.6. The van der Waals surface area contributed by atoms with Crippen molar-refractivity contribution in [3.63, 3.8) is 0 Å². The second kappa shape index (κ2) is 10.5. The van der Waals surface area contributed by atoms with Crippen LogP contribution in [0.25, 0.3) is 0 Å². The third-order valence-electron chi connectivity index (χ3n) is 4.35. The molecule has 26 heavy (non-hydrogen) atoms. The van der Waals surface area contributed by atoms with Crippen molar-refractivity contribution in [3.8, 4) is 5.75 Å². The van der Waals surface area contributed by atoms with Gasteiger partial charge >= 0.3 is 6.03 Å². The predicted molar refractivity (Wildman–Crippen MR) is 106 cm³/mol. The highest BCUT2D eigenvalue weighted by atomic mass is 16.5. The first-order valence-corrected chi connectivity index (χ1v) is 8.96. The number of amides is 2. The van der Waals surface area contributed by atoms with E-state index in [4.69, 9.17) is 4.74 Å². The molecule has 0 aliphatic carbocycles. The van der Waals surface area contributed by atoms with Crippen LogP contribution in [0.3, 0.4) is 0 Å². The van der Waals surface area contributed by atoms with Gasteiger partial charge in [-0.3, -0.25) is 0 Å². The Balaban J connectivity index is 1.78. The highest BCUT2D eigenvalue weighted by molar-refractivity contribution is 5.73. The van der Waals surface area contributed by atoms with E-state index in [1.807, 2.05) is 56.6 Å². The third kappa shape index (κ3) is 6.08. The number of ether oxygens (including phenoxy) is 1. The molecule has 0 heterocycles. The minimum absolute atomic E-state index is 0.0428. The molecule has 0 saturated carbocycles. The van der Waals surface area contributed by atoms with Crippen molar-refractivity contribution in [2.75, 3.05) is 34.3 Å². The number of likely N-dealkylation sites (N-methyl/N-ethyl adjacent to an activating group) is 1. The van der Waals surface area contributed by atoms with E-state index in [-0.39, 0.29) is 12.1 Å². The van der Waals surface area contributed by atoms with Crippen molar-refractivity contribution >= 4 is 6.03 Å². The Morgan fingerprint density at radius 3 is 2.42 bits per heavy atom. The maximum absolute atomic E-state index is 12.1. The van der Waals surface area contributed by atoms with Crippen LogP contribution >= 0.6 is 0 Å². The zero-order valence-corrected chi connectivity index (χ0v) is 15.9. The molecular weight excluding hydrogens is 326 g/mol. The lowest BCUT2D eigenvalue weighted by Gasteiger charge is -2.26. The molecule has 2 rings (SSSR count). The van der Waals surface area contributed by atoms with Crippen LogP contribution in [0, 0.1) is 0 Å². The normalized spacial score (nSPS) is 11.8. The van der Waals surface area contributed by atoms with E-state index in [0.29, 0.717) is 13.1 Å². The Bertz CT molecular complexity index is 674. The number of urea groups is 1. The van der Waals surface area contributed by atoms with Crippen molar-refractivity contribution in [2.45, 2.75) is 18.9 Å². The Morgan fingerprint density at radius 1 is 1.04 bits per heavy atom. The number of carbonyl (C=O) groups is 1. The van der Waals surface area contributed by atoms with E-state index in [0.717, 1.165) is 24.2 Å². The van der Waals surface area contributed by atoms with E-state index in [1.54, 1.807) is 7.11 Å². The molecule has 2 amide bonds. The van der Waals surface area contributed by atoms with Crippen LogP contribution in [0.2, 0.25) is 0 Å². The van der Waals surface area contributed by atoms with Gasteiger partial charge in [-0.05, 0) is 38.6 Å². The topological polar surface area (TPSA) is 53.6 Å². The third-order valence-corrected chi connectivity index (χ3v) is 4.35. The number of nitrogens with one attached hydrogen (secondary N) is 2. The number of methoxy groups -OCH3 is 1. The molecule has 0 aromatic heterocycles. The van der Waals surface area contributed by atoms with Gasteiger partial charge < -0.3 is 20.3 Å². The Hall–Kier alpha value is -2.53. The minimum Gasteiger partial charge on any atom is -0.496 e. The van der Waals surface area contributed by atoms with Crippen LogP contribution in [0.4, 0.5) is 4.79 Å². The summed E-state index contributed by atoms with van der Waals surface area (Å²) in [6.45, 7) is 1.17. The average Bonchev–Trinajstić information content (AvgIpc) is 2.66. The maximum Gasteiger partial charge on any atom is 0.314 e. The van der Waals surface area contributed by atoms with Gasteiger partial charge in [-0.1, -0.05) is 48.5 Å². The molecule has 140 valence electrons. The fourth-order valence-corrected chi connectivity index (χ4v) is 2.90. The monoisotopic (exact) mass is 355 g/mol. The van der Waals surface area contributed by atoms with E-state index < -0.39 is 0 Å². The van der Waals surface area contributed by atoms with Crippen LogP contribution < -0.4 is 15.4 Å². The first kappa shape index (κ1) is 19.8.